The normalized spacial score (nSPS) is 11.1. The topological polar surface area (TPSA) is 21.1 Å². The standard InChI is InChI=1S/C18H17BrFN3/c1-22(13-15-11-16(19)5-8-18(15)20)12-14-3-6-17(7-4-14)23-10-2-9-21-23/h2-11H,12-13H2,1H3. The van der Waals surface area contributed by atoms with Crippen LogP contribution in [0.3, 0.4) is 0 Å². The van der Waals surface area contributed by atoms with Crippen LogP contribution in [0.25, 0.3) is 5.69 Å². The molecule has 0 N–H and O–H groups in total. The van der Waals surface area contributed by atoms with Crippen molar-refractivity contribution in [3.05, 3.63) is 82.3 Å². The first kappa shape index (κ1) is 15.9. The van der Waals surface area contributed by atoms with Crippen molar-refractivity contribution in [1.29, 1.82) is 0 Å². The van der Waals surface area contributed by atoms with E-state index < -0.39 is 0 Å². The van der Waals surface area contributed by atoms with Gasteiger partial charge >= 0.3 is 0 Å². The van der Waals surface area contributed by atoms with Gasteiger partial charge in [-0.25, -0.2) is 9.07 Å². The zero-order valence-corrected chi connectivity index (χ0v) is 14.4. The lowest BCUT2D eigenvalue weighted by Gasteiger charge is -2.17. The monoisotopic (exact) mass is 373 g/mol. The minimum atomic E-state index is -0.172. The lowest BCUT2D eigenvalue weighted by molar-refractivity contribution is 0.313. The van der Waals surface area contributed by atoms with Crippen LogP contribution in [-0.2, 0) is 13.1 Å². The van der Waals surface area contributed by atoms with Crippen LogP contribution in [0, 0.1) is 5.82 Å². The molecule has 0 unspecified atom stereocenters. The van der Waals surface area contributed by atoms with Crippen molar-refractivity contribution < 1.29 is 4.39 Å². The summed E-state index contributed by atoms with van der Waals surface area (Å²) in [7, 11) is 1.99. The van der Waals surface area contributed by atoms with Crippen LogP contribution in [0.15, 0.2) is 65.4 Å². The minimum absolute atomic E-state index is 0.172. The summed E-state index contributed by atoms with van der Waals surface area (Å²) in [5, 5.41) is 4.21. The largest absolute Gasteiger partial charge is 0.298 e. The fraction of sp³-hybridized carbons (Fsp3) is 0.167. The Kier molecular flexibility index (Phi) is 4.88. The second-order valence-electron chi connectivity index (χ2n) is 5.53. The summed E-state index contributed by atoms with van der Waals surface area (Å²) < 4.78 is 16.5. The Morgan fingerprint density at radius 2 is 1.91 bits per heavy atom. The van der Waals surface area contributed by atoms with E-state index in [2.05, 4.69) is 38.1 Å². The number of rotatable bonds is 5. The Balaban J connectivity index is 1.66. The molecule has 0 amide bonds. The van der Waals surface area contributed by atoms with Crippen LogP contribution in [0.1, 0.15) is 11.1 Å². The average Bonchev–Trinajstić information content (AvgIpc) is 3.06. The predicted molar refractivity (Wildman–Crippen MR) is 92.8 cm³/mol. The first-order chi connectivity index (χ1) is 11.1. The van der Waals surface area contributed by atoms with Gasteiger partial charge < -0.3 is 0 Å². The van der Waals surface area contributed by atoms with Gasteiger partial charge in [0.25, 0.3) is 0 Å². The zero-order chi connectivity index (χ0) is 16.2. The molecule has 1 aromatic heterocycles. The van der Waals surface area contributed by atoms with E-state index >= 15 is 0 Å². The highest BCUT2D eigenvalue weighted by molar-refractivity contribution is 9.10. The molecule has 0 radical (unpaired) electrons. The summed E-state index contributed by atoms with van der Waals surface area (Å²) in [5.74, 6) is -0.172. The summed E-state index contributed by atoms with van der Waals surface area (Å²) in [6.45, 7) is 1.32. The molecular formula is C18H17BrFN3. The molecular weight excluding hydrogens is 357 g/mol. The molecule has 0 atom stereocenters. The Morgan fingerprint density at radius 1 is 1.13 bits per heavy atom. The zero-order valence-electron chi connectivity index (χ0n) is 12.8. The van der Waals surface area contributed by atoms with Crippen molar-refractivity contribution in [2.75, 3.05) is 7.05 Å². The van der Waals surface area contributed by atoms with Gasteiger partial charge in [-0.2, -0.15) is 5.10 Å². The van der Waals surface area contributed by atoms with Gasteiger partial charge in [0.2, 0.25) is 0 Å². The number of hydrogen-bond donors (Lipinski definition) is 0. The highest BCUT2D eigenvalue weighted by Crippen LogP contribution is 2.18. The second-order valence-corrected chi connectivity index (χ2v) is 6.44. The first-order valence-corrected chi connectivity index (χ1v) is 8.12. The Hall–Kier alpha value is -1.98. The maximum Gasteiger partial charge on any atom is 0.127 e. The van der Waals surface area contributed by atoms with Crippen LogP contribution in [0.4, 0.5) is 4.39 Å². The van der Waals surface area contributed by atoms with Crippen LogP contribution < -0.4 is 0 Å². The number of nitrogens with zero attached hydrogens (tertiary/aromatic N) is 3. The highest BCUT2D eigenvalue weighted by Gasteiger charge is 2.07. The molecule has 0 saturated heterocycles. The minimum Gasteiger partial charge on any atom is -0.298 e. The van der Waals surface area contributed by atoms with E-state index in [0.29, 0.717) is 12.1 Å². The van der Waals surface area contributed by atoms with Gasteiger partial charge in [0.1, 0.15) is 5.82 Å². The molecule has 1 heterocycles. The molecule has 3 rings (SSSR count). The fourth-order valence-electron chi connectivity index (χ4n) is 2.50. The van der Waals surface area contributed by atoms with Gasteiger partial charge in [0.05, 0.1) is 5.69 Å². The molecule has 118 valence electrons. The van der Waals surface area contributed by atoms with Gasteiger partial charge in [-0.15, -0.1) is 0 Å². The molecule has 0 aliphatic carbocycles. The molecule has 5 heteroatoms. The Bertz CT molecular complexity index is 769. The smallest absolute Gasteiger partial charge is 0.127 e. The van der Waals surface area contributed by atoms with Crippen molar-refractivity contribution >= 4 is 15.9 Å². The van der Waals surface area contributed by atoms with Crippen LogP contribution in [0.5, 0.6) is 0 Å². The number of aromatic nitrogens is 2. The molecule has 0 spiro atoms. The molecule has 23 heavy (non-hydrogen) atoms. The summed E-state index contributed by atoms with van der Waals surface area (Å²) in [4.78, 5) is 2.09. The third-order valence-electron chi connectivity index (χ3n) is 3.61. The quantitative estimate of drug-likeness (QED) is 0.660. The maximum absolute atomic E-state index is 13.8. The molecule has 0 aliphatic rings. The van der Waals surface area contributed by atoms with Gasteiger partial charge in [-0.3, -0.25) is 4.90 Å². The van der Waals surface area contributed by atoms with Crippen molar-refractivity contribution in [3.63, 3.8) is 0 Å². The molecule has 0 fully saturated rings. The van der Waals surface area contributed by atoms with E-state index in [1.807, 2.05) is 42.2 Å². The second kappa shape index (κ2) is 7.06. The Morgan fingerprint density at radius 3 is 2.61 bits per heavy atom. The Labute approximate surface area is 143 Å². The molecule has 0 bridgehead atoms. The van der Waals surface area contributed by atoms with Crippen molar-refractivity contribution in [2.24, 2.45) is 0 Å². The third kappa shape index (κ3) is 4.06. The molecule has 3 aromatic rings. The molecule has 0 saturated carbocycles. The maximum atomic E-state index is 13.8. The summed E-state index contributed by atoms with van der Waals surface area (Å²) in [6, 6.07) is 15.2. The van der Waals surface area contributed by atoms with Crippen LogP contribution in [-0.4, -0.2) is 21.7 Å². The van der Waals surface area contributed by atoms with E-state index in [1.54, 1.807) is 12.3 Å². The third-order valence-corrected chi connectivity index (χ3v) is 4.10. The van der Waals surface area contributed by atoms with Gasteiger partial charge in [0, 0.05) is 35.5 Å². The van der Waals surface area contributed by atoms with E-state index in [1.165, 1.54) is 11.6 Å². The summed E-state index contributed by atoms with van der Waals surface area (Å²) >= 11 is 3.39. The van der Waals surface area contributed by atoms with E-state index in [4.69, 9.17) is 0 Å². The highest BCUT2D eigenvalue weighted by atomic mass is 79.9. The molecule has 3 nitrogen and oxygen atoms in total. The summed E-state index contributed by atoms with van der Waals surface area (Å²) in [6.07, 6.45) is 3.67. The number of hydrogen-bond acceptors (Lipinski definition) is 2. The van der Waals surface area contributed by atoms with Crippen molar-refractivity contribution in [3.8, 4) is 5.69 Å². The van der Waals surface area contributed by atoms with E-state index in [-0.39, 0.29) is 5.82 Å². The lowest BCUT2D eigenvalue weighted by Crippen LogP contribution is -2.18. The average molecular weight is 374 g/mol. The predicted octanol–water partition coefficient (Wildman–Crippen LogP) is 4.41. The SMILES string of the molecule is CN(Cc1ccc(-n2cccn2)cc1)Cc1cc(Br)ccc1F. The van der Waals surface area contributed by atoms with Gasteiger partial charge in [0.15, 0.2) is 0 Å². The van der Waals surface area contributed by atoms with Crippen molar-refractivity contribution in [1.82, 2.24) is 14.7 Å². The van der Waals surface area contributed by atoms with Gasteiger partial charge in [-0.05, 0) is 49.0 Å². The lowest BCUT2D eigenvalue weighted by atomic mass is 10.1. The van der Waals surface area contributed by atoms with E-state index in [0.717, 1.165) is 16.7 Å². The van der Waals surface area contributed by atoms with Crippen LogP contribution >= 0.6 is 15.9 Å². The first-order valence-electron chi connectivity index (χ1n) is 7.33. The fourth-order valence-corrected chi connectivity index (χ4v) is 2.91. The van der Waals surface area contributed by atoms with Gasteiger partial charge in [-0.1, -0.05) is 28.1 Å². The summed E-state index contributed by atoms with van der Waals surface area (Å²) in [5.41, 5.74) is 2.90. The van der Waals surface area contributed by atoms with Crippen molar-refractivity contribution in [2.45, 2.75) is 13.1 Å². The molecule has 2 aromatic carbocycles. The van der Waals surface area contributed by atoms with Crippen LogP contribution in [0.2, 0.25) is 0 Å². The molecule has 0 aliphatic heterocycles. The van der Waals surface area contributed by atoms with E-state index in [9.17, 15) is 4.39 Å². The number of benzene rings is 2. The number of halogens is 2.